The third-order valence-corrected chi connectivity index (χ3v) is 3.06. The fourth-order valence-corrected chi connectivity index (χ4v) is 1.93. The van der Waals surface area contributed by atoms with Crippen molar-refractivity contribution in [3.8, 4) is 0 Å². The normalized spacial score (nSPS) is 10.2. The molecular formula is C15H17N3O2. The minimum atomic E-state index is -1.05. The van der Waals surface area contributed by atoms with Crippen LogP contribution >= 0.6 is 0 Å². The van der Waals surface area contributed by atoms with Gasteiger partial charge in [-0.25, -0.2) is 9.78 Å². The number of anilines is 2. The van der Waals surface area contributed by atoms with Gasteiger partial charge in [-0.3, -0.25) is 0 Å². The molecule has 104 valence electrons. The number of pyridine rings is 1. The van der Waals surface area contributed by atoms with Crippen LogP contribution in [-0.2, 0) is 6.42 Å². The first kappa shape index (κ1) is 13.9. The number of nitrogens with zero attached hydrogens (tertiary/aromatic N) is 2. The molecule has 0 aliphatic carbocycles. The number of nitrogen functional groups attached to an aromatic ring is 1. The molecule has 0 aliphatic heterocycles. The van der Waals surface area contributed by atoms with Gasteiger partial charge in [0.25, 0.3) is 0 Å². The maximum Gasteiger partial charge on any atom is 0.354 e. The lowest BCUT2D eigenvalue weighted by Crippen LogP contribution is -2.23. The van der Waals surface area contributed by atoms with Crippen LogP contribution in [0.15, 0.2) is 42.5 Å². The van der Waals surface area contributed by atoms with E-state index < -0.39 is 5.97 Å². The molecule has 0 atom stereocenters. The summed E-state index contributed by atoms with van der Waals surface area (Å²) in [6, 6.07) is 13.1. The Morgan fingerprint density at radius 2 is 1.95 bits per heavy atom. The molecule has 0 aliphatic rings. The van der Waals surface area contributed by atoms with Gasteiger partial charge >= 0.3 is 5.97 Å². The van der Waals surface area contributed by atoms with Crippen LogP contribution in [0.25, 0.3) is 0 Å². The Bertz CT molecular complexity index is 599. The zero-order valence-electron chi connectivity index (χ0n) is 11.3. The lowest BCUT2D eigenvalue weighted by molar-refractivity contribution is 0.0690. The fraction of sp³-hybridized carbons (Fsp3) is 0.200. The first-order valence-corrected chi connectivity index (χ1v) is 6.33. The van der Waals surface area contributed by atoms with Crippen LogP contribution in [0.4, 0.5) is 11.5 Å². The second-order valence-corrected chi connectivity index (χ2v) is 4.57. The van der Waals surface area contributed by atoms with E-state index in [0.29, 0.717) is 18.1 Å². The zero-order valence-corrected chi connectivity index (χ0v) is 11.3. The molecule has 0 bridgehead atoms. The van der Waals surface area contributed by atoms with Gasteiger partial charge in [0.05, 0.1) is 5.69 Å². The standard InChI is InChI=1S/C15H17N3O2/c1-18(10-9-11-5-3-2-4-6-11)14-12(16)7-8-13(17-14)15(19)20/h2-8H,9-10,16H2,1H3,(H,19,20). The largest absolute Gasteiger partial charge is 0.477 e. The number of rotatable bonds is 5. The maximum atomic E-state index is 10.9. The Labute approximate surface area is 117 Å². The topological polar surface area (TPSA) is 79.5 Å². The Morgan fingerprint density at radius 3 is 2.60 bits per heavy atom. The highest BCUT2D eigenvalue weighted by Gasteiger charge is 2.12. The molecule has 0 radical (unpaired) electrons. The highest BCUT2D eigenvalue weighted by atomic mass is 16.4. The van der Waals surface area contributed by atoms with Crippen molar-refractivity contribution in [1.82, 2.24) is 4.98 Å². The molecule has 5 heteroatoms. The molecule has 2 rings (SSSR count). The van der Waals surface area contributed by atoms with Gasteiger partial charge in [-0.05, 0) is 24.1 Å². The molecule has 0 saturated carbocycles. The van der Waals surface area contributed by atoms with Crippen LogP contribution in [0, 0.1) is 0 Å². The number of carboxylic acid groups (broad SMARTS) is 1. The maximum absolute atomic E-state index is 10.9. The second kappa shape index (κ2) is 6.06. The van der Waals surface area contributed by atoms with Gasteiger partial charge in [-0.2, -0.15) is 0 Å². The van der Waals surface area contributed by atoms with Crippen molar-refractivity contribution in [2.45, 2.75) is 6.42 Å². The number of aromatic carboxylic acids is 1. The van der Waals surface area contributed by atoms with Crippen LogP contribution in [-0.4, -0.2) is 29.7 Å². The zero-order chi connectivity index (χ0) is 14.5. The second-order valence-electron chi connectivity index (χ2n) is 4.57. The summed E-state index contributed by atoms with van der Waals surface area (Å²) >= 11 is 0. The summed E-state index contributed by atoms with van der Waals surface area (Å²) in [5.41, 5.74) is 7.56. The summed E-state index contributed by atoms with van der Waals surface area (Å²) in [4.78, 5) is 16.9. The minimum absolute atomic E-state index is 0.000705. The minimum Gasteiger partial charge on any atom is -0.477 e. The van der Waals surface area contributed by atoms with Crippen LogP contribution in [0.1, 0.15) is 16.1 Å². The smallest absolute Gasteiger partial charge is 0.354 e. The summed E-state index contributed by atoms with van der Waals surface area (Å²) in [6.45, 7) is 0.713. The van der Waals surface area contributed by atoms with E-state index in [9.17, 15) is 4.79 Å². The van der Waals surface area contributed by atoms with E-state index in [1.165, 1.54) is 11.6 Å². The number of likely N-dealkylation sites (N-methyl/N-ethyl adjacent to an activating group) is 1. The summed E-state index contributed by atoms with van der Waals surface area (Å²) in [7, 11) is 1.85. The molecule has 1 aromatic heterocycles. The summed E-state index contributed by atoms with van der Waals surface area (Å²) < 4.78 is 0. The SMILES string of the molecule is CN(CCc1ccccc1)c1nc(C(=O)O)ccc1N. The number of hydrogen-bond donors (Lipinski definition) is 2. The molecular weight excluding hydrogens is 254 g/mol. The molecule has 2 aromatic rings. The molecule has 3 N–H and O–H groups in total. The van der Waals surface area contributed by atoms with E-state index in [-0.39, 0.29) is 5.69 Å². The number of hydrogen-bond acceptors (Lipinski definition) is 4. The summed E-state index contributed by atoms with van der Waals surface area (Å²) in [6.07, 6.45) is 0.843. The monoisotopic (exact) mass is 271 g/mol. The molecule has 5 nitrogen and oxygen atoms in total. The number of aromatic nitrogens is 1. The third kappa shape index (κ3) is 3.26. The molecule has 1 aromatic carbocycles. The van der Waals surface area contributed by atoms with Gasteiger partial charge in [0.2, 0.25) is 0 Å². The van der Waals surface area contributed by atoms with Crippen molar-refractivity contribution >= 4 is 17.5 Å². The number of carbonyl (C=O) groups is 1. The quantitative estimate of drug-likeness (QED) is 0.870. The van der Waals surface area contributed by atoms with Crippen molar-refractivity contribution < 1.29 is 9.90 Å². The van der Waals surface area contributed by atoms with Gasteiger partial charge in [-0.15, -0.1) is 0 Å². The van der Waals surface area contributed by atoms with Crippen LogP contribution in [0.5, 0.6) is 0 Å². The van der Waals surface area contributed by atoms with Gasteiger partial charge < -0.3 is 15.7 Å². The van der Waals surface area contributed by atoms with Crippen LogP contribution in [0.2, 0.25) is 0 Å². The number of nitrogens with two attached hydrogens (primary N) is 1. The van der Waals surface area contributed by atoms with Crippen LogP contribution < -0.4 is 10.6 Å². The lowest BCUT2D eigenvalue weighted by atomic mass is 10.1. The van der Waals surface area contributed by atoms with E-state index in [1.54, 1.807) is 6.07 Å². The molecule has 20 heavy (non-hydrogen) atoms. The van der Waals surface area contributed by atoms with Gasteiger partial charge in [0, 0.05) is 13.6 Å². The summed E-state index contributed by atoms with van der Waals surface area (Å²) in [5.74, 6) is -0.552. The average Bonchev–Trinajstić information content (AvgIpc) is 2.46. The number of carboxylic acids is 1. The molecule has 1 heterocycles. The number of benzene rings is 1. The van der Waals surface area contributed by atoms with Gasteiger partial charge in [-0.1, -0.05) is 30.3 Å². The van der Waals surface area contributed by atoms with Gasteiger partial charge in [0.1, 0.15) is 0 Å². The third-order valence-electron chi connectivity index (χ3n) is 3.06. The molecule has 0 saturated heterocycles. The van der Waals surface area contributed by atoms with E-state index >= 15 is 0 Å². The molecule has 0 amide bonds. The highest BCUT2D eigenvalue weighted by Crippen LogP contribution is 2.20. The first-order chi connectivity index (χ1) is 9.58. The van der Waals surface area contributed by atoms with E-state index in [2.05, 4.69) is 17.1 Å². The predicted molar refractivity (Wildman–Crippen MR) is 79.0 cm³/mol. The molecule has 0 fully saturated rings. The van der Waals surface area contributed by atoms with E-state index in [1.807, 2.05) is 30.1 Å². The van der Waals surface area contributed by atoms with Crippen molar-refractivity contribution in [2.24, 2.45) is 0 Å². The Balaban J connectivity index is 2.10. The molecule has 0 spiro atoms. The Kier molecular flexibility index (Phi) is 4.20. The van der Waals surface area contributed by atoms with Crippen molar-refractivity contribution in [3.05, 3.63) is 53.7 Å². The Hall–Kier alpha value is -2.56. The average molecular weight is 271 g/mol. The first-order valence-electron chi connectivity index (χ1n) is 6.33. The van der Waals surface area contributed by atoms with Crippen molar-refractivity contribution in [2.75, 3.05) is 24.2 Å². The predicted octanol–water partition coefficient (Wildman–Crippen LogP) is 2.04. The fourth-order valence-electron chi connectivity index (χ4n) is 1.93. The Morgan fingerprint density at radius 1 is 1.25 bits per heavy atom. The lowest BCUT2D eigenvalue weighted by Gasteiger charge is -2.20. The highest BCUT2D eigenvalue weighted by molar-refractivity contribution is 5.86. The van der Waals surface area contributed by atoms with Crippen molar-refractivity contribution in [1.29, 1.82) is 0 Å². The summed E-state index contributed by atoms with van der Waals surface area (Å²) in [5, 5.41) is 8.97. The van der Waals surface area contributed by atoms with Crippen molar-refractivity contribution in [3.63, 3.8) is 0 Å². The van der Waals surface area contributed by atoms with E-state index in [0.717, 1.165) is 6.42 Å². The van der Waals surface area contributed by atoms with Gasteiger partial charge in [0.15, 0.2) is 11.5 Å². The molecule has 0 unspecified atom stereocenters. The van der Waals surface area contributed by atoms with Crippen LogP contribution in [0.3, 0.4) is 0 Å². The van der Waals surface area contributed by atoms with E-state index in [4.69, 9.17) is 10.8 Å².